The third kappa shape index (κ3) is 9.57. The van der Waals surface area contributed by atoms with Crippen molar-refractivity contribution in [3.05, 3.63) is 33.4 Å². The number of quaternary nitrogens is 1. The molecule has 15 nitrogen and oxygen atoms in total. The molecule has 2 unspecified atom stereocenters. The zero-order valence-electron chi connectivity index (χ0n) is 19.2. The summed E-state index contributed by atoms with van der Waals surface area (Å²) >= 11 is 5.76. The maximum Gasteiger partial charge on any atom is 0.430 e. The van der Waals surface area contributed by atoms with Gasteiger partial charge in [0.2, 0.25) is 12.4 Å². The van der Waals surface area contributed by atoms with Crippen LogP contribution in [0.15, 0.2) is 11.6 Å². The number of fused-ring (bicyclic) bond motifs is 1. The Morgan fingerprint density at radius 3 is 2.11 bits per heavy atom. The van der Waals surface area contributed by atoms with Gasteiger partial charge in [-0.15, -0.1) is 0 Å². The molecule has 2 atom stereocenters. The summed E-state index contributed by atoms with van der Waals surface area (Å²) in [6.45, 7) is 2.01. The molecule has 19 heteroatoms. The fraction of sp³-hybridized carbons (Fsp3) is 0.500. The van der Waals surface area contributed by atoms with Crippen LogP contribution in [0.3, 0.4) is 0 Å². The highest BCUT2D eigenvalue weighted by Crippen LogP contribution is 2.46. The van der Waals surface area contributed by atoms with Gasteiger partial charge in [0.15, 0.2) is 0 Å². The summed E-state index contributed by atoms with van der Waals surface area (Å²) < 4.78 is 49.6. The smallest absolute Gasteiger partial charge is 0.430 e. The zero-order chi connectivity index (χ0) is 29.4. The Labute approximate surface area is 211 Å². The number of alkyl halides is 3. The number of aliphatic hydroxyl groups is 7. The molecular formula is C18H28ClF3N3O12+. The third-order valence-electron chi connectivity index (χ3n) is 4.15. The maximum absolute atomic E-state index is 13.5. The predicted octanol–water partition coefficient (Wildman–Crippen LogP) is -3.18. The fourth-order valence-corrected chi connectivity index (χ4v) is 3.06. The molecule has 2 rings (SSSR count). The van der Waals surface area contributed by atoms with Gasteiger partial charge in [0.25, 0.3) is 0 Å². The predicted molar refractivity (Wildman–Crippen MR) is 113 cm³/mol. The molecule has 1 aliphatic heterocycles. The summed E-state index contributed by atoms with van der Waals surface area (Å²) in [5.74, 6) is -3.22. The van der Waals surface area contributed by atoms with Crippen molar-refractivity contribution in [3.8, 4) is 5.75 Å². The molecule has 0 fully saturated rings. The van der Waals surface area contributed by atoms with Crippen LogP contribution in [0, 0.1) is 0 Å². The number of likely N-dealkylation sites (N-methyl/N-ethyl adjacent to an activating group) is 1. The van der Waals surface area contributed by atoms with E-state index in [1.54, 1.807) is 7.05 Å². The van der Waals surface area contributed by atoms with Crippen LogP contribution in [0.25, 0.3) is 6.08 Å². The molecule has 0 saturated carbocycles. The second-order valence-electron chi connectivity index (χ2n) is 6.87. The number of benzene rings is 1. The number of carbonyl (C=O) groups excluding carboxylic acids is 1. The number of esters is 1. The summed E-state index contributed by atoms with van der Waals surface area (Å²) in [4.78, 5) is 16.3. The Kier molecular flexibility index (Phi) is 13.3. The van der Waals surface area contributed by atoms with Crippen molar-refractivity contribution in [1.82, 2.24) is 5.32 Å². The van der Waals surface area contributed by atoms with Crippen LogP contribution >= 0.6 is 11.6 Å². The van der Waals surface area contributed by atoms with Crippen LogP contribution in [0.2, 0.25) is 5.02 Å². The molecule has 0 aliphatic carbocycles. The first-order valence-electron chi connectivity index (χ1n) is 9.70. The van der Waals surface area contributed by atoms with E-state index in [4.69, 9.17) is 27.8 Å². The van der Waals surface area contributed by atoms with Gasteiger partial charge in [-0.1, -0.05) is 11.6 Å². The van der Waals surface area contributed by atoms with E-state index in [1.165, 1.54) is 0 Å². The maximum atomic E-state index is 13.5. The lowest BCUT2D eigenvalue weighted by Gasteiger charge is -2.32. The number of rotatable bonds is 7. The molecule has 1 aromatic rings. The Morgan fingerprint density at radius 1 is 1.22 bits per heavy atom. The number of ether oxygens (including phenoxy) is 2. The van der Waals surface area contributed by atoms with E-state index in [2.05, 4.69) is 25.5 Å². The molecule has 0 saturated heterocycles. The van der Waals surface area contributed by atoms with Gasteiger partial charge in [0, 0.05) is 12.1 Å². The van der Waals surface area contributed by atoms with Crippen molar-refractivity contribution < 1.29 is 79.1 Å². The van der Waals surface area contributed by atoms with E-state index in [0.29, 0.717) is 18.7 Å². The van der Waals surface area contributed by atoms with E-state index in [-0.39, 0.29) is 6.61 Å². The molecule has 0 aromatic heterocycles. The third-order valence-corrected chi connectivity index (χ3v) is 4.54. The van der Waals surface area contributed by atoms with Crippen LogP contribution in [0.1, 0.15) is 23.6 Å². The Hall–Kier alpha value is -2.17. The van der Waals surface area contributed by atoms with Gasteiger partial charge in [0.05, 0.1) is 28.3 Å². The summed E-state index contributed by atoms with van der Waals surface area (Å²) in [5, 5.41) is 73.2. The first-order valence-corrected chi connectivity index (χ1v) is 10.1. The van der Waals surface area contributed by atoms with Crippen LogP contribution in [0.4, 0.5) is 13.2 Å². The lowest BCUT2D eigenvalue weighted by molar-refractivity contribution is -0.670. The average molecular weight is 571 g/mol. The van der Waals surface area contributed by atoms with Gasteiger partial charge >= 0.3 is 24.1 Å². The van der Waals surface area contributed by atoms with Crippen LogP contribution < -0.4 is 21.8 Å². The molecule has 214 valence electrons. The van der Waals surface area contributed by atoms with Crippen molar-refractivity contribution >= 4 is 23.6 Å². The molecule has 1 aliphatic rings. The van der Waals surface area contributed by atoms with E-state index < -0.39 is 69.5 Å². The molecule has 14 N–H and O–H groups in total. The van der Waals surface area contributed by atoms with Gasteiger partial charge in [-0.2, -0.15) is 13.2 Å². The largest absolute Gasteiger partial charge is 0.475 e. The Bertz CT molecular complexity index is 934. The van der Waals surface area contributed by atoms with Crippen molar-refractivity contribution in [1.29, 1.82) is 0 Å². The lowest BCUT2D eigenvalue weighted by Crippen LogP contribution is -2.42. The number of carbonyl (C=O) groups is 1. The molecule has 1 heterocycles. The molecule has 0 radical (unpaired) electrons. The SMILES string of the molecule is CC(ON)OC(=O)C1=Cc2c(cc(C(O)(O)O)c(Cl)c2C(O)(O)O)OC1C(F)(F)F.CNCCO.[NH3+]O. The molecule has 0 spiro atoms. The van der Waals surface area contributed by atoms with E-state index in [9.17, 15) is 48.6 Å². The topological polar surface area (TPSA) is 272 Å². The van der Waals surface area contributed by atoms with E-state index >= 15 is 0 Å². The van der Waals surface area contributed by atoms with Crippen LogP contribution in [-0.2, 0) is 26.3 Å². The number of aliphatic hydroxyl groups excluding tert-OH is 1. The van der Waals surface area contributed by atoms with Crippen LogP contribution in [0.5, 0.6) is 5.75 Å². The Balaban J connectivity index is 0.00000165. The second kappa shape index (κ2) is 14.1. The summed E-state index contributed by atoms with van der Waals surface area (Å²) in [5.41, 5.74) is -4.39. The molecule has 0 amide bonds. The zero-order valence-corrected chi connectivity index (χ0v) is 20.0. The first kappa shape index (κ1) is 34.8. The lowest BCUT2D eigenvalue weighted by atomic mass is 9.93. The first-order chi connectivity index (χ1) is 16.9. The van der Waals surface area contributed by atoms with Gasteiger partial charge in [-0.3, -0.25) is 4.84 Å². The quantitative estimate of drug-likeness (QED) is 0.0876. The monoisotopic (exact) mass is 570 g/mol. The van der Waals surface area contributed by atoms with Gasteiger partial charge in [-0.05, 0) is 26.1 Å². The minimum absolute atomic E-state index is 0.233. The molecule has 37 heavy (non-hydrogen) atoms. The average Bonchev–Trinajstić information content (AvgIpc) is 2.77. The Morgan fingerprint density at radius 2 is 1.76 bits per heavy atom. The number of hydrogen-bond donors (Lipinski definition) is 11. The standard InChI is InChI=1S/C15H15ClF3NO10.C3H9NO.H4NO/c1-4(30-20)28-12(21)6-2-5-8(29-11(6)13(17,18)19)3-7(14(22,23)24)10(16)9(5)15(25,26)27;1-4-2-3-5;1-2/h2-4,11,22-27H,20H2,1H3;4-5H,2-3H2,1H3;2H,1H3/q;;+1. The number of halogens is 4. The fourth-order valence-electron chi connectivity index (χ4n) is 2.65. The molecule has 1 aromatic carbocycles. The van der Waals surface area contributed by atoms with Gasteiger partial charge < -0.3 is 50.5 Å². The summed E-state index contributed by atoms with van der Waals surface area (Å²) in [6, 6.07) is 0.426. The number of nitrogens with two attached hydrogens (primary N) is 1. The second-order valence-corrected chi connectivity index (χ2v) is 7.25. The highest BCUT2D eigenvalue weighted by Gasteiger charge is 2.50. The van der Waals surface area contributed by atoms with E-state index in [0.717, 1.165) is 6.92 Å². The molecular weight excluding hydrogens is 543 g/mol. The number of hydrogen-bond acceptors (Lipinski definition) is 14. The summed E-state index contributed by atoms with van der Waals surface area (Å²) in [6.07, 6.45) is -9.27. The van der Waals surface area contributed by atoms with Crippen molar-refractivity contribution in [2.45, 2.75) is 37.4 Å². The van der Waals surface area contributed by atoms with Crippen molar-refractivity contribution in [3.63, 3.8) is 0 Å². The molecule has 0 bridgehead atoms. The normalized spacial score (nSPS) is 16.1. The van der Waals surface area contributed by atoms with Crippen LogP contribution in [-0.4, -0.2) is 85.7 Å². The van der Waals surface area contributed by atoms with Gasteiger partial charge in [-0.25, -0.2) is 21.8 Å². The minimum Gasteiger partial charge on any atom is -0.475 e. The van der Waals surface area contributed by atoms with Crippen molar-refractivity contribution in [2.24, 2.45) is 5.90 Å². The van der Waals surface area contributed by atoms with Crippen molar-refractivity contribution in [2.75, 3.05) is 20.2 Å². The highest BCUT2D eigenvalue weighted by molar-refractivity contribution is 6.32. The van der Waals surface area contributed by atoms with Gasteiger partial charge in [0.1, 0.15) is 5.75 Å². The summed E-state index contributed by atoms with van der Waals surface area (Å²) in [7, 11) is 1.80. The highest BCUT2D eigenvalue weighted by atomic mass is 35.5. The minimum atomic E-state index is -5.22. The number of nitrogens with one attached hydrogen (secondary N) is 1. The van der Waals surface area contributed by atoms with E-state index in [1.807, 2.05) is 0 Å².